The highest BCUT2D eigenvalue weighted by atomic mass is 19.1. The van der Waals surface area contributed by atoms with Crippen LogP contribution in [0.25, 0.3) is 11.0 Å². The summed E-state index contributed by atoms with van der Waals surface area (Å²) in [6, 6.07) is 0. The summed E-state index contributed by atoms with van der Waals surface area (Å²) in [5.41, 5.74) is 8.98. The predicted octanol–water partition coefficient (Wildman–Crippen LogP) is 2.19. The van der Waals surface area contributed by atoms with E-state index in [0.29, 0.717) is 31.8 Å². The van der Waals surface area contributed by atoms with Gasteiger partial charge in [-0.25, -0.2) is 14.4 Å². The molecule has 0 saturated carbocycles. The molecule has 1 aliphatic rings. The second-order valence-corrected chi connectivity index (χ2v) is 6.91. The van der Waals surface area contributed by atoms with Gasteiger partial charge in [0.1, 0.15) is 17.5 Å². The number of hydrogen-bond acceptors (Lipinski definition) is 6. The SMILES string of the molecule is COCCc1nc(N)c2[nH]cc(CCCCCN3CC[C@@H](F)C3)c2n1.O=CO. The summed E-state index contributed by atoms with van der Waals surface area (Å²) in [7, 11) is 1.67. The topological polar surface area (TPSA) is 117 Å². The molecule has 0 bridgehead atoms. The van der Waals surface area contributed by atoms with Gasteiger partial charge in [0.25, 0.3) is 6.47 Å². The van der Waals surface area contributed by atoms with Crippen molar-refractivity contribution in [1.82, 2.24) is 19.9 Å². The quantitative estimate of drug-likeness (QED) is 0.440. The lowest BCUT2D eigenvalue weighted by Gasteiger charge is -2.13. The standard InChI is InChI=1S/C18H28FN5O.CH2O2/c1-25-10-7-15-22-16-13(11-21-17(16)18(20)23-15)5-3-2-4-8-24-9-6-14(19)12-24;2-1-3/h11,14,21H,2-10,12H2,1H3,(H2,20,22,23);1H,(H,2,3)/t14-;/m1./s1. The van der Waals surface area contributed by atoms with Crippen molar-refractivity contribution in [3.63, 3.8) is 0 Å². The van der Waals surface area contributed by atoms with Gasteiger partial charge in [0, 0.05) is 32.8 Å². The minimum atomic E-state index is -0.622. The Morgan fingerprint density at radius 1 is 1.39 bits per heavy atom. The number of nitrogens with two attached hydrogens (primary N) is 1. The molecule has 9 heteroatoms. The minimum Gasteiger partial charge on any atom is -0.483 e. The number of fused-ring (bicyclic) bond motifs is 1. The molecule has 8 nitrogen and oxygen atoms in total. The number of halogens is 1. The third-order valence-electron chi connectivity index (χ3n) is 4.84. The maximum atomic E-state index is 13.2. The molecule has 0 unspecified atom stereocenters. The first-order chi connectivity index (χ1) is 13.6. The molecule has 1 aliphatic heterocycles. The molecular formula is C19H30FN5O3. The second-order valence-electron chi connectivity index (χ2n) is 6.91. The van der Waals surface area contributed by atoms with Crippen molar-refractivity contribution >= 4 is 23.3 Å². The molecular weight excluding hydrogens is 365 g/mol. The van der Waals surface area contributed by atoms with Gasteiger partial charge in [-0.15, -0.1) is 0 Å². The molecule has 0 amide bonds. The first-order valence-electron chi connectivity index (χ1n) is 9.64. The summed E-state index contributed by atoms with van der Waals surface area (Å²) < 4.78 is 18.2. The number of methoxy groups -OCH3 is 1. The number of nitrogens with one attached hydrogen (secondary N) is 1. The van der Waals surface area contributed by atoms with Gasteiger partial charge in [0.15, 0.2) is 5.82 Å². The van der Waals surface area contributed by atoms with E-state index < -0.39 is 6.17 Å². The molecule has 4 N–H and O–H groups in total. The van der Waals surface area contributed by atoms with Crippen LogP contribution in [0.1, 0.15) is 37.1 Å². The highest BCUT2D eigenvalue weighted by Crippen LogP contribution is 2.22. The number of H-pyrrole nitrogens is 1. The van der Waals surface area contributed by atoms with E-state index in [1.54, 1.807) is 7.11 Å². The molecule has 1 atom stereocenters. The van der Waals surface area contributed by atoms with E-state index in [1.165, 1.54) is 5.56 Å². The maximum absolute atomic E-state index is 13.2. The summed E-state index contributed by atoms with van der Waals surface area (Å²) in [6.45, 7) is 2.86. The molecule has 2 aromatic heterocycles. The molecule has 156 valence electrons. The molecule has 3 rings (SSSR count). The van der Waals surface area contributed by atoms with Gasteiger partial charge in [-0.1, -0.05) is 6.42 Å². The van der Waals surface area contributed by atoms with Crippen molar-refractivity contribution < 1.29 is 19.0 Å². The monoisotopic (exact) mass is 395 g/mol. The Balaban J connectivity index is 0.000000878. The summed E-state index contributed by atoms with van der Waals surface area (Å²) in [4.78, 5) is 22.8. The van der Waals surface area contributed by atoms with Crippen LogP contribution in [0.15, 0.2) is 6.20 Å². The van der Waals surface area contributed by atoms with Gasteiger partial charge >= 0.3 is 0 Å². The summed E-state index contributed by atoms with van der Waals surface area (Å²) in [5, 5.41) is 6.89. The van der Waals surface area contributed by atoms with Gasteiger partial charge in [0.2, 0.25) is 0 Å². The van der Waals surface area contributed by atoms with Gasteiger partial charge in [0.05, 0.1) is 12.1 Å². The molecule has 28 heavy (non-hydrogen) atoms. The van der Waals surface area contributed by atoms with Crippen molar-refractivity contribution in [2.45, 2.75) is 44.7 Å². The van der Waals surface area contributed by atoms with Crippen LogP contribution >= 0.6 is 0 Å². The molecule has 0 aromatic carbocycles. The highest BCUT2D eigenvalue weighted by molar-refractivity contribution is 5.87. The van der Waals surface area contributed by atoms with E-state index in [2.05, 4.69) is 19.9 Å². The van der Waals surface area contributed by atoms with Crippen LogP contribution in [0.5, 0.6) is 0 Å². The van der Waals surface area contributed by atoms with Crippen LogP contribution in [0.4, 0.5) is 10.2 Å². The van der Waals surface area contributed by atoms with Crippen molar-refractivity contribution in [1.29, 1.82) is 0 Å². The molecule has 0 radical (unpaired) electrons. The highest BCUT2D eigenvalue weighted by Gasteiger charge is 2.20. The van der Waals surface area contributed by atoms with Gasteiger partial charge in [-0.2, -0.15) is 0 Å². The minimum absolute atomic E-state index is 0.250. The van der Waals surface area contributed by atoms with Crippen LogP contribution in [0, 0.1) is 0 Å². The number of hydrogen-bond donors (Lipinski definition) is 3. The average Bonchev–Trinajstić information content (AvgIpc) is 3.27. The zero-order valence-electron chi connectivity index (χ0n) is 16.4. The number of alkyl halides is 1. The van der Waals surface area contributed by atoms with E-state index >= 15 is 0 Å². The van der Waals surface area contributed by atoms with Crippen LogP contribution in [-0.4, -0.2) is 71.0 Å². The van der Waals surface area contributed by atoms with E-state index in [1.807, 2.05) is 6.20 Å². The zero-order chi connectivity index (χ0) is 20.4. The fraction of sp³-hybridized carbons (Fsp3) is 0.632. The van der Waals surface area contributed by atoms with E-state index in [4.69, 9.17) is 20.4 Å². The average molecular weight is 395 g/mol. The number of unbranched alkanes of at least 4 members (excludes halogenated alkanes) is 2. The lowest BCUT2D eigenvalue weighted by atomic mass is 10.1. The van der Waals surface area contributed by atoms with Crippen molar-refractivity contribution in [3.05, 3.63) is 17.6 Å². The van der Waals surface area contributed by atoms with E-state index in [9.17, 15) is 4.39 Å². The number of rotatable bonds is 9. The van der Waals surface area contributed by atoms with Crippen LogP contribution in [0.2, 0.25) is 0 Å². The molecule has 2 aromatic rings. The Labute approximate surface area is 164 Å². The number of aromatic amines is 1. The number of aromatic nitrogens is 3. The number of carbonyl (C=O) groups is 1. The first-order valence-corrected chi connectivity index (χ1v) is 9.64. The van der Waals surface area contributed by atoms with E-state index in [0.717, 1.165) is 55.6 Å². The van der Waals surface area contributed by atoms with E-state index in [-0.39, 0.29) is 6.47 Å². The van der Waals surface area contributed by atoms with Crippen molar-refractivity contribution in [3.8, 4) is 0 Å². The van der Waals surface area contributed by atoms with Crippen LogP contribution in [-0.2, 0) is 22.4 Å². The number of anilines is 1. The molecule has 3 heterocycles. The van der Waals surface area contributed by atoms with Gasteiger partial charge in [-0.05, 0) is 37.8 Å². The predicted molar refractivity (Wildman–Crippen MR) is 106 cm³/mol. The Morgan fingerprint density at radius 3 is 2.86 bits per heavy atom. The zero-order valence-corrected chi connectivity index (χ0v) is 16.4. The molecule has 1 saturated heterocycles. The normalized spacial score (nSPS) is 16.9. The number of likely N-dealkylation sites (tertiary alicyclic amines) is 1. The Bertz CT molecular complexity index is 740. The smallest absolute Gasteiger partial charge is 0.290 e. The van der Waals surface area contributed by atoms with Crippen LogP contribution < -0.4 is 5.73 Å². The third kappa shape index (κ3) is 6.42. The number of nitrogens with zero attached hydrogens (tertiary/aromatic N) is 3. The van der Waals surface area contributed by atoms with Crippen molar-refractivity contribution in [2.24, 2.45) is 0 Å². The Hall–Kier alpha value is -2.26. The molecule has 1 fully saturated rings. The summed E-state index contributed by atoms with van der Waals surface area (Å²) >= 11 is 0. The summed E-state index contributed by atoms with van der Waals surface area (Å²) in [5.74, 6) is 1.22. The number of aryl methyl sites for hydroxylation is 1. The van der Waals surface area contributed by atoms with Crippen LogP contribution in [0.3, 0.4) is 0 Å². The van der Waals surface area contributed by atoms with Gasteiger partial charge < -0.3 is 25.5 Å². The third-order valence-corrected chi connectivity index (χ3v) is 4.84. The number of carboxylic acid groups (broad SMARTS) is 1. The largest absolute Gasteiger partial charge is 0.483 e. The summed E-state index contributed by atoms with van der Waals surface area (Å²) in [6.07, 6.45) is 7.04. The molecule has 0 aliphatic carbocycles. The lowest BCUT2D eigenvalue weighted by molar-refractivity contribution is -0.122. The van der Waals surface area contributed by atoms with Gasteiger partial charge in [-0.3, -0.25) is 4.79 Å². The number of ether oxygens (including phenoxy) is 1. The number of nitrogen functional groups attached to an aromatic ring is 1. The first kappa shape index (κ1) is 22.0. The lowest BCUT2D eigenvalue weighted by Crippen LogP contribution is -2.22. The fourth-order valence-corrected chi connectivity index (χ4v) is 3.44. The fourth-order valence-electron chi connectivity index (χ4n) is 3.44. The Kier molecular flexibility index (Phi) is 9.09. The molecule has 0 spiro atoms. The maximum Gasteiger partial charge on any atom is 0.290 e. The van der Waals surface area contributed by atoms with Crippen molar-refractivity contribution in [2.75, 3.05) is 39.1 Å². The second kappa shape index (κ2) is 11.6. The Morgan fingerprint density at radius 2 is 2.18 bits per heavy atom.